The second-order valence-electron chi connectivity index (χ2n) is 2.50. The summed E-state index contributed by atoms with van der Waals surface area (Å²) >= 11 is 7.02. The molecule has 2 aromatic rings. The van der Waals surface area contributed by atoms with Gasteiger partial charge in [0.05, 0.1) is 10.2 Å². The Morgan fingerprint density at radius 2 is 2.31 bits per heavy atom. The molecule has 0 saturated carbocycles. The van der Waals surface area contributed by atoms with Crippen LogP contribution in [0.15, 0.2) is 18.2 Å². The van der Waals surface area contributed by atoms with Crippen LogP contribution < -0.4 is 5.73 Å². The van der Waals surface area contributed by atoms with E-state index >= 15 is 0 Å². The highest BCUT2D eigenvalue weighted by atomic mass is 35.5. The van der Waals surface area contributed by atoms with E-state index in [-0.39, 0.29) is 0 Å². The van der Waals surface area contributed by atoms with Crippen molar-refractivity contribution in [3.63, 3.8) is 0 Å². The van der Waals surface area contributed by atoms with Crippen LogP contribution in [-0.4, -0.2) is 10.9 Å². The van der Waals surface area contributed by atoms with Crippen molar-refractivity contribution < 1.29 is 4.79 Å². The van der Waals surface area contributed by atoms with Crippen LogP contribution in [0.3, 0.4) is 0 Å². The summed E-state index contributed by atoms with van der Waals surface area (Å²) in [5.74, 6) is -0.502. The van der Waals surface area contributed by atoms with Crippen LogP contribution in [-0.2, 0) is 0 Å². The van der Waals surface area contributed by atoms with Gasteiger partial charge >= 0.3 is 0 Å². The maximum Gasteiger partial charge on any atom is 0.277 e. The number of rotatable bonds is 1. The first-order valence-corrected chi connectivity index (χ1v) is 4.72. The smallest absolute Gasteiger partial charge is 0.277 e. The van der Waals surface area contributed by atoms with Gasteiger partial charge in [0.25, 0.3) is 5.91 Å². The van der Waals surface area contributed by atoms with E-state index in [0.717, 1.165) is 10.2 Å². The van der Waals surface area contributed by atoms with Crippen molar-refractivity contribution >= 4 is 39.1 Å². The molecule has 0 aliphatic rings. The lowest BCUT2D eigenvalue weighted by Crippen LogP contribution is -2.09. The maximum absolute atomic E-state index is 10.8. The van der Waals surface area contributed by atoms with Crippen LogP contribution in [0.4, 0.5) is 0 Å². The van der Waals surface area contributed by atoms with Gasteiger partial charge in [0.1, 0.15) is 0 Å². The van der Waals surface area contributed by atoms with E-state index in [9.17, 15) is 4.79 Å². The molecule has 1 aromatic heterocycles. The van der Waals surface area contributed by atoms with Crippen molar-refractivity contribution in [2.24, 2.45) is 5.73 Å². The molecular weight excluding hydrogens is 208 g/mol. The standard InChI is InChI=1S/C8H5ClN2OS/c9-4-1-2-5-6(3-4)13-8(11-5)7(10)12/h1-3H,(H2,10,12). The second kappa shape index (κ2) is 2.97. The van der Waals surface area contributed by atoms with Crippen molar-refractivity contribution in [1.82, 2.24) is 4.98 Å². The molecule has 0 saturated heterocycles. The third-order valence-electron chi connectivity index (χ3n) is 1.56. The molecule has 2 rings (SSSR count). The maximum atomic E-state index is 10.8. The van der Waals surface area contributed by atoms with Crippen LogP contribution in [0.1, 0.15) is 9.80 Å². The van der Waals surface area contributed by atoms with E-state index in [1.54, 1.807) is 18.2 Å². The monoisotopic (exact) mass is 212 g/mol. The molecule has 1 aromatic carbocycles. The van der Waals surface area contributed by atoms with Gasteiger partial charge in [0.2, 0.25) is 0 Å². The number of aromatic nitrogens is 1. The molecule has 1 heterocycles. The first-order chi connectivity index (χ1) is 6.16. The van der Waals surface area contributed by atoms with Crippen molar-refractivity contribution in [3.05, 3.63) is 28.2 Å². The second-order valence-corrected chi connectivity index (χ2v) is 3.96. The number of fused-ring (bicyclic) bond motifs is 1. The third kappa shape index (κ3) is 1.50. The Morgan fingerprint density at radius 3 is 3.00 bits per heavy atom. The van der Waals surface area contributed by atoms with E-state index in [1.807, 2.05) is 0 Å². The fourth-order valence-corrected chi connectivity index (χ4v) is 2.10. The van der Waals surface area contributed by atoms with Gasteiger partial charge in [-0.2, -0.15) is 0 Å². The summed E-state index contributed by atoms with van der Waals surface area (Å²) in [6.45, 7) is 0. The number of halogens is 1. The summed E-state index contributed by atoms with van der Waals surface area (Å²) in [4.78, 5) is 14.8. The van der Waals surface area contributed by atoms with Gasteiger partial charge in [-0.1, -0.05) is 11.6 Å². The minimum Gasteiger partial charge on any atom is -0.364 e. The van der Waals surface area contributed by atoms with Crippen LogP contribution >= 0.6 is 22.9 Å². The number of carbonyl (C=O) groups excluding carboxylic acids is 1. The lowest BCUT2D eigenvalue weighted by molar-refractivity contribution is 0.1000. The van der Waals surface area contributed by atoms with Gasteiger partial charge < -0.3 is 5.73 Å². The molecule has 0 aliphatic heterocycles. The molecule has 3 nitrogen and oxygen atoms in total. The van der Waals surface area contributed by atoms with E-state index in [0.29, 0.717) is 10.0 Å². The van der Waals surface area contributed by atoms with Crippen LogP contribution in [0.2, 0.25) is 5.02 Å². The molecule has 0 unspecified atom stereocenters. The first-order valence-electron chi connectivity index (χ1n) is 3.53. The molecule has 1 amide bonds. The largest absolute Gasteiger partial charge is 0.364 e. The SMILES string of the molecule is NC(=O)c1nc2ccc(Cl)cc2s1. The molecule has 0 aliphatic carbocycles. The summed E-state index contributed by atoms with van der Waals surface area (Å²) < 4.78 is 0.876. The summed E-state index contributed by atoms with van der Waals surface area (Å²) in [7, 11) is 0. The summed E-state index contributed by atoms with van der Waals surface area (Å²) in [5.41, 5.74) is 5.84. The Bertz CT molecular complexity index is 480. The number of carbonyl (C=O) groups is 1. The fourth-order valence-electron chi connectivity index (χ4n) is 1.00. The summed E-state index contributed by atoms with van der Waals surface area (Å²) in [5, 5.41) is 0.949. The lowest BCUT2D eigenvalue weighted by Gasteiger charge is -1.86. The Morgan fingerprint density at radius 1 is 1.54 bits per heavy atom. The van der Waals surface area contributed by atoms with Crippen molar-refractivity contribution in [1.29, 1.82) is 0 Å². The normalized spacial score (nSPS) is 10.5. The summed E-state index contributed by atoms with van der Waals surface area (Å²) in [6, 6.07) is 5.26. The minimum atomic E-state index is -0.502. The number of hydrogen-bond acceptors (Lipinski definition) is 3. The zero-order chi connectivity index (χ0) is 9.42. The molecule has 5 heteroatoms. The zero-order valence-electron chi connectivity index (χ0n) is 6.45. The molecule has 0 fully saturated rings. The fraction of sp³-hybridized carbons (Fsp3) is 0. The predicted molar refractivity (Wildman–Crippen MR) is 53.1 cm³/mol. The van der Waals surface area contributed by atoms with E-state index in [4.69, 9.17) is 17.3 Å². The topological polar surface area (TPSA) is 56.0 Å². The molecular formula is C8H5ClN2OS. The highest BCUT2D eigenvalue weighted by Gasteiger charge is 2.07. The number of benzene rings is 1. The molecule has 0 radical (unpaired) electrons. The van der Waals surface area contributed by atoms with Crippen molar-refractivity contribution in [2.45, 2.75) is 0 Å². The number of thiazole rings is 1. The third-order valence-corrected chi connectivity index (χ3v) is 2.83. The van der Waals surface area contributed by atoms with Crippen molar-refractivity contribution in [2.75, 3.05) is 0 Å². The highest BCUT2D eigenvalue weighted by molar-refractivity contribution is 7.20. The van der Waals surface area contributed by atoms with Crippen LogP contribution in [0.5, 0.6) is 0 Å². The number of nitrogens with zero attached hydrogens (tertiary/aromatic N) is 1. The van der Waals surface area contributed by atoms with Gasteiger partial charge in [-0.15, -0.1) is 11.3 Å². The van der Waals surface area contributed by atoms with Crippen LogP contribution in [0.25, 0.3) is 10.2 Å². The Balaban J connectivity index is 2.68. The Kier molecular flexibility index (Phi) is 1.94. The Hall–Kier alpha value is -1.13. The minimum absolute atomic E-state index is 0.317. The summed E-state index contributed by atoms with van der Waals surface area (Å²) in [6.07, 6.45) is 0. The molecule has 0 spiro atoms. The quantitative estimate of drug-likeness (QED) is 0.787. The van der Waals surface area contributed by atoms with E-state index < -0.39 is 5.91 Å². The number of nitrogens with two attached hydrogens (primary N) is 1. The zero-order valence-corrected chi connectivity index (χ0v) is 8.02. The number of amides is 1. The average Bonchev–Trinajstić information content (AvgIpc) is 2.46. The molecule has 0 bridgehead atoms. The molecule has 0 atom stereocenters. The predicted octanol–water partition coefficient (Wildman–Crippen LogP) is 2.05. The van der Waals surface area contributed by atoms with Crippen molar-refractivity contribution in [3.8, 4) is 0 Å². The molecule has 2 N–H and O–H groups in total. The number of primary amides is 1. The Labute approximate surface area is 83.1 Å². The van der Waals surface area contributed by atoms with Gasteiger partial charge in [0, 0.05) is 5.02 Å². The number of hydrogen-bond donors (Lipinski definition) is 1. The van der Waals surface area contributed by atoms with Gasteiger partial charge in [-0.3, -0.25) is 4.79 Å². The van der Waals surface area contributed by atoms with E-state index in [2.05, 4.69) is 4.98 Å². The van der Waals surface area contributed by atoms with Gasteiger partial charge in [-0.25, -0.2) is 4.98 Å². The van der Waals surface area contributed by atoms with Gasteiger partial charge in [0.15, 0.2) is 5.01 Å². The van der Waals surface area contributed by atoms with E-state index in [1.165, 1.54) is 11.3 Å². The van der Waals surface area contributed by atoms with Crippen LogP contribution in [0, 0.1) is 0 Å². The molecule has 13 heavy (non-hydrogen) atoms. The average molecular weight is 213 g/mol. The first kappa shape index (κ1) is 8.47. The highest BCUT2D eigenvalue weighted by Crippen LogP contribution is 2.24. The molecule has 66 valence electrons. The lowest BCUT2D eigenvalue weighted by atomic mass is 10.3. The van der Waals surface area contributed by atoms with Gasteiger partial charge in [-0.05, 0) is 18.2 Å².